The predicted molar refractivity (Wildman–Crippen MR) is 113 cm³/mol. The molecule has 0 aromatic heterocycles. The van der Waals surface area contributed by atoms with Gasteiger partial charge in [0.05, 0.1) is 12.0 Å². The molecule has 0 spiro atoms. The summed E-state index contributed by atoms with van der Waals surface area (Å²) in [5, 5.41) is 2.55. The number of hydrogen-bond acceptors (Lipinski definition) is 4. The Balaban J connectivity index is 1.77. The third kappa shape index (κ3) is 5.03. The zero-order chi connectivity index (χ0) is 21.7. The molecule has 0 aliphatic heterocycles. The molecule has 1 amide bonds. The van der Waals surface area contributed by atoms with Gasteiger partial charge in [0, 0.05) is 23.4 Å². The highest BCUT2D eigenvalue weighted by atomic mass is 32.2. The van der Waals surface area contributed by atoms with Crippen LogP contribution in [-0.2, 0) is 10.0 Å². The highest BCUT2D eigenvalue weighted by molar-refractivity contribution is 7.89. The molecule has 3 aromatic rings. The summed E-state index contributed by atoms with van der Waals surface area (Å²) in [4.78, 5) is 12.5. The van der Waals surface area contributed by atoms with Crippen LogP contribution in [0.5, 0.6) is 5.75 Å². The topological polar surface area (TPSA) is 84.5 Å². The molecule has 8 heteroatoms. The Labute approximate surface area is 174 Å². The van der Waals surface area contributed by atoms with E-state index < -0.39 is 27.8 Å². The number of nitrogens with one attached hydrogen (secondary N) is 2. The Bertz CT molecular complexity index is 1150. The molecule has 0 heterocycles. The number of benzene rings is 3. The molecule has 30 heavy (non-hydrogen) atoms. The van der Waals surface area contributed by atoms with Crippen molar-refractivity contribution in [1.29, 1.82) is 0 Å². The highest BCUT2D eigenvalue weighted by Gasteiger charge is 2.20. The van der Waals surface area contributed by atoms with E-state index in [1.807, 2.05) is 30.3 Å². The number of anilines is 1. The van der Waals surface area contributed by atoms with E-state index in [-0.39, 0.29) is 21.9 Å². The van der Waals surface area contributed by atoms with Gasteiger partial charge in [0.25, 0.3) is 5.91 Å². The van der Waals surface area contributed by atoms with Gasteiger partial charge in [-0.05, 0) is 42.8 Å². The van der Waals surface area contributed by atoms with Crippen molar-refractivity contribution in [2.75, 3.05) is 12.4 Å². The number of carbonyl (C=O) groups is 1. The van der Waals surface area contributed by atoms with Crippen molar-refractivity contribution in [2.45, 2.75) is 17.9 Å². The Kier molecular flexibility index (Phi) is 6.49. The van der Waals surface area contributed by atoms with Crippen LogP contribution in [0, 0.1) is 5.82 Å². The lowest BCUT2D eigenvalue weighted by Gasteiger charge is -2.15. The molecule has 3 aromatic carbocycles. The predicted octanol–water partition coefficient (Wildman–Crippen LogP) is 4.13. The van der Waals surface area contributed by atoms with E-state index in [0.29, 0.717) is 0 Å². The van der Waals surface area contributed by atoms with Crippen molar-refractivity contribution in [3.63, 3.8) is 0 Å². The number of carbonyl (C=O) groups excluding carboxylic acids is 1. The Hall–Kier alpha value is -3.23. The second-order valence-electron chi connectivity index (χ2n) is 6.58. The average Bonchev–Trinajstić information content (AvgIpc) is 2.74. The number of amides is 1. The normalized spacial score (nSPS) is 12.2. The number of methoxy groups -OCH3 is 1. The summed E-state index contributed by atoms with van der Waals surface area (Å²) in [6.07, 6.45) is 0. The Morgan fingerprint density at radius 2 is 1.73 bits per heavy atom. The highest BCUT2D eigenvalue weighted by Crippen LogP contribution is 2.22. The molecule has 0 saturated heterocycles. The maximum absolute atomic E-state index is 13.8. The van der Waals surface area contributed by atoms with E-state index in [9.17, 15) is 17.6 Å². The van der Waals surface area contributed by atoms with Crippen LogP contribution in [0.15, 0.2) is 77.7 Å². The molecule has 0 aliphatic carbocycles. The van der Waals surface area contributed by atoms with Crippen molar-refractivity contribution < 1.29 is 22.3 Å². The van der Waals surface area contributed by atoms with Gasteiger partial charge in [-0.25, -0.2) is 17.5 Å². The van der Waals surface area contributed by atoms with Gasteiger partial charge < -0.3 is 10.1 Å². The largest absolute Gasteiger partial charge is 0.494 e. The minimum atomic E-state index is -3.86. The van der Waals surface area contributed by atoms with Crippen LogP contribution in [0.1, 0.15) is 28.9 Å². The maximum Gasteiger partial charge on any atom is 0.255 e. The fourth-order valence-corrected chi connectivity index (χ4v) is 4.14. The summed E-state index contributed by atoms with van der Waals surface area (Å²) in [5.74, 6) is -1.13. The molecule has 6 nitrogen and oxygen atoms in total. The number of ether oxygens (including phenoxy) is 1. The van der Waals surface area contributed by atoms with Gasteiger partial charge in [-0.15, -0.1) is 0 Å². The molecular weight excluding hydrogens is 407 g/mol. The summed E-state index contributed by atoms with van der Waals surface area (Å²) in [5.41, 5.74) is 1.17. The van der Waals surface area contributed by atoms with Gasteiger partial charge in [0.2, 0.25) is 10.0 Å². The molecule has 1 atom stereocenters. The van der Waals surface area contributed by atoms with Gasteiger partial charge in [0.1, 0.15) is 0 Å². The number of rotatable bonds is 7. The molecule has 1 unspecified atom stereocenters. The molecule has 0 aliphatic rings. The van der Waals surface area contributed by atoms with E-state index in [0.717, 1.165) is 11.6 Å². The molecular formula is C22H21FN2O4S. The maximum atomic E-state index is 13.8. The van der Waals surface area contributed by atoms with Crippen LogP contribution >= 0.6 is 0 Å². The lowest BCUT2D eigenvalue weighted by Crippen LogP contribution is -2.27. The molecule has 156 valence electrons. The zero-order valence-electron chi connectivity index (χ0n) is 16.4. The molecule has 0 saturated carbocycles. The lowest BCUT2D eigenvalue weighted by atomic mass is 10.1. The first-order valence-electron chi connectivity index (χ1n) is 9.12. The quantitative estimate of drug-likeness (QED) is 0.593. The van der Waals surface area contributed by atoms with Crippen molar-refractivity contribution >= 4 is 21.6 Å². The van der Waals surface area contributed by atoms with E-state index in [2.05, 4.69) is 10.0 Å². The van der Waals surface area contributed by atoms with Crippen LogP contribution in [0.2, 0.25) is 0 Å². The van der Waals surface area contributed by atoms with E-state index in [1.54, 1.807) is 6.92 Å². The lowest BCUT2D eigenvalue weighted by molar-refractivity contribution is 0.102. The number of sulfonamides is 1. The van der Waals surface area contributed by atoms with Gasteiger partial charge in [0.15, 0.2) is 11.6 Å². The zero-order valence-corrected chi connectivity index (χ0v) is 17.2. The van der Waals surface area contributed by atoms with Gasteiger partial charge >= 0.3 is 0 Å². The second-order valence-corrected chi connectivity index (χ2v) is 8.30. The smallest absolute Gasteiger partial charge is 0.255 e. The fourth-order valence-electron chi connectivity index (χ4n) is 2.86. The van der Waals surface area contributed by atoms with Gasteiger partial charge in [-0.3, -0.25) is 4.79 Å². The molecule has 3 rings (SSSR count). The molecule has 2 N–H and O–H groups in total. The molecule has 0 radical (unpaired) electrons. The van der Waals surface area contributed by atoms with E-state index >= 15 is 0 Å². The summed E-state index contributed by atoms with van der Waals surface area (Å²) in [7, 11) is -2.52. The van der Waals surface area contributed by atoms with Gasteiger partial charge in [-0.2, -0.15) is 0 Å². The number of halogens is 1. The number of hydrogen-bond donors (Lipinski definition) is 2. The Morgan fingerprint density at radius 3 is 2.40 bits per heavy atom. The van der Waals surface area contributed by atoms with Crippen molar-refractivity contribution in [3.8, 4) is 5.75 Å². The summed E-state index contributed by atoms with van der Waals surface area (Å²) >= 11 is 0. The first-order chi connectivity index (χ1) is 14.3. The van der Waals surface area contributed by atoms with Crippen molar-refractivity contribution in [1.82, 2.24) is 4.72 Å². The minimum Gasteiger partial charge on any atom is -0.494 e. The first kappa shape index (κ1) is 21.5. The first-order valence-corrected chi connectivity index (χ1v) is 10.6. The van der Waals surface area contributed by atoms with E-state index in [4.69, 9.17) is 4.74 Å². The van der Waals surface area contributed by atoms with Crippen LogP contribution in [0.25, 0.3) is 0 Å². The van der Waals surface area contributed by atoms with Crippen molar-refractivity contribution in [3.05, 3.63) is 89.7 Å². The van der Waals surface area contributed by atoms with Gasteiger partial charge in [-0.1, -0.05) is 36.4 Å². The van der Waals surface area contributed by atoms with Crippen LogP contribution < -0.4 is 14.8 Å². The Morgan fingerprint density at radius 1 is 1.00 bits per heavy atom. The second kappa shape index (κ2) is 9.06. The summed E-state index contributed by atoms with van der Waals surface area (Å²) in [6.45, 7) is 1.74. The summed E-state index contributed by atoms with van der Waals surface area (Å²) < 4.78 is 46.8. The van der Waals surface area contributed by atoms with Crippen LogP contribution in [0.3, 0.4) is 0 Å². The SMILES string of the molecule is COc1ccc(NC(=O)c2cccc(S(=O)(=O)NC(C)c3ccccc3)c2)cc1F. The average molecular weight is 428 g/mol. The molecule has 0 bridgehead atoms. The van der Waals surface area contributed by atoms with Crippen molar-refractivity contribution in [2.24, 2.45) is 0 Å². The standard InChI is InChI=1S/C22H21FN2O4S/c1-15(16-7-4-3-5-8-16)25-30(27,28)19-10-6-9-17(13-19)22(26)24-18-11-12-21(29-2)20(23)14-18/h3-15,25H,1-2H3,(H,24,26). The summed E-state index contributed by atoms with van der Waals surface area (Å²) in [6, 6.07) is 18.3. The van der Waals surface area contributed by atoms with Crippen LogP contribution in [-0.4, -0.2) is 21.4 Å². The minimum absolute atomic E-state index is 0.0427. The molecule has 0 fully saturated rings. The third-order valence-electron chi connectivity index (χ3n) is 4.45. The third-order valence-corrected chi connectivity index (χ3v) is 5.99. The fraction of sp³-hybridized carbons (Fsp3) is 0.136. The monoisotopic (exact) mass is 428 g/mol. The van der Waals surface area contributed by atoms with Crippen LogP contribution in [0.4, 0.5) is 10.1 Å². The van der Waals surface area contributed by atoms with E-state index in [1.165, 1.54) is 43.5 Å².